The summed E-state index contributed by atoms with van der Waals surface area (Å²) in [7, 11) is 0. The first kappa shape index (κ1) is 20.1. The number of amides is 1. The molecule has 4 heterocycles. The Kier molecular flexibility index (Phi) is 4.97. The number of hydrogen-bond donors (Lipinski definition) is 0. The molecule has 0 unspecified atom stereocenters. The molecule has 0 aromatic carbocycles. The number of nitrogens with zero attached hydrogens (tertiary/aromatic N) is 5. The molecule has 162 valence electrons. The van der Waals surface area contributed by atoms with Gasteiger partial charge in [-0.2, -0.15) is 4.98 Å². The fourth-order valence-corrected chi connectivity index (χ4v) is 3.79. The number of ether oxygens (including phenoxy) is 1. The molecular weight excluding hydrogens is 418 g/mol. The summed E-state index contributed by atoms with van der Waals surface area (Å²) in [4.78, 5) is 29.9. The van der Waals surface area contributed by atoms with E-state index >= 15 is 0 Å². The predicted octanol–water partition coefficient (Wildman–Crippen LogP) is 3.72. The smallest absolute Gasteiger partial charge is 0.300 e. The van der Waals surface area contributed by atoms with Gasteiger partial charge in [0.2, 0.25) is 11.5 Å². The largest absolute Gasteiger partial charge is 0.476 e. The quantitative estimate of drug-likeness (QED) is 0.596. The summed E-state index contributed by atoms with van der Waals surface area (Å²) in [5, 5.41) is 0.364. The third-order valence-corrected chi connectivity index (χ3v) is 6.20. The highest BCUT2D eigenvalue weighted by Gasteiger charge is 2.38. The van der Waals surface area contributed by atoms with E-state index in [9.17, 15) is 4.79 Å². The standard InChI is InChI=1S/C22H24ClN5O3/c1-14-3-4-17-18(25-14)26-21(31-17)28-9-7-27(8-10-28)20(29)15-11-16(23)19(24-12-15)30-13-22(2)5-6-22/h3-4,11-12H,5-10,13H2,1-2H3. The summed E-state index contributed by atoms with van der Waals surface area (Å²) in [5.74, 6) is 0.292. The average Bonchev–Trinajstić information content (AvgIpc) is 3.36. The van der Waals surface area contributed by atoms with Gasteiger partial charge in [-0.15, -0.1) is 0 Å². The lowest BCUT2D eigenvalue weighted by Crippen LogP contribution is -2.49. The average molecular weight is 442 g/mol. The van der Waals surface area contributed by atoms with Crippen molar-refractivity contribution in [3.05, 3.63) is 40.7 Å². The van der Waals surface area contributed by atoms with Crippen LogP contribution >= 0.6 is 11.6 Å². The summed E-state index contributed by atoms with van der Waals surface area (Å²) in [6.45, 7) is 7.05. The molecule has 0 bridgehead atoms. The zero-order valence-electron chi connectivity index (χ0n) is 17.6. The van der Waals surface area contributed by atoms with Gasteiger partial charge in [0, 0.05) is 43.5 Å². The molecule has 0 atom stereocenters. The number of carbonyl (C=O) groups is 1. The third-order valence-electron chi connectivity index (χ3n) is 5.93. The van der Waals surface area contributed by atoms with Gasteiger partial charge >= 0.3 is 0 Å². The Morgan fingerprint density at radius 3 is 2.71 bits per heavy atom. The Morgan fingerprint density at radius 2 is 2.00 bits per heavy atom. The number of aryl methyl sites for hydroxylation is 1. The van der Waals surface area contributed by atoms with E-state index in [4.69, 9.17) is 20.8 Å². The Hall–Kier alpha value is -2.87. The molecular formula is C22H24ClN5O3. The molecule has 0 N–H and O–H groups in total. The molecule has 31 heavy (non-hydrogen) atoms. The van der Waals surface area contributed by atoms with E-state index in [1.165, 1.54) is 0 Å². The van der Waals surface area contributed by atoms with Crippen molar-refractivity contribution in [2.24, 2.45) is 5.41 Å². The van der Waals surface area contributed by atoms with Crippen LogP contribution < -0.4 is 9.64 Å². The van der Waals surface area contributed by atoms with Crippen molar-refractivity contribution in [3.63, 3.8) is 0 Å². The second kappa shape index (κ2) is 7.67. The van der Waals surface area contributed by atoms with Gasteiger partial charge in [0.05, 0.1) is 12.2 Å². The van der Waals surface area contributed by atoms with Crippen LogP contribution in [0.25, 0.3) is 11.2 Å². The highest BCUT2D eigenvalue weighted by atomic mass is 35.5. The van der Waals surface area contributed by atoms with Crippen molar-refractivity contribution in [1.29, 1.82) is 0 Å². The van der Waals surface area contributed by atoms with Crippen molar-refractivity contribution < 1.29 is 13.9 Å². The van der Waals surface area contributed by atoms with Gasteiger partial charge in [-0.25, -0.2) is 9.97 Å². The Bertz CT molecular complexity index is 1140. The van der Waals surface area contributed by atoms with E-state index in [1.54, 1.807) is 17.2 Å². The number of halogens is 1. The summed E-state index contributed by atoms with van der Waals surface area (Å²) >= 11 is 6.32. The Balaban J connectivity index is 1.21. The van der Waals surface area contributed by atoms with E-state index < -0.39 is 0 Å². The lowest BCUT2D eigenvalue weighted by Gasteiger charge is -2.33. The number of carbonyl (C=O) groups excluding carboxylic acids is 1. The van der Waals surface area contributed by atoms with Crippen LogP contribution in [-0.2, 0) is 0 Å². The molecule has 3 aromatic rings. The van der Waals surface area contributed by atoms with Crippen LogP contribution in [0.1, 0.15) is 35.8 Å². The minimum atomic E-state index is -0.0930. The van der Waals surface area contributed by atoms with E-state index in [1.807, 2.05) is 24.0 Å². The monoisotopic (exact) mass is 441 g/mol. The zero-order chi connectivity index (χ0) is 21.6. The SMILES string of the molecule is Cc1ccc2oc(N3CCN(C(=O)c4cnc(OCC5(C)CC5)c(Cl)c4)CC3)nc2n1. The zero-order valence-corrected chi connectivity index (χ0v) is 18.4. The molecule has 0 spiro atoms. The molecule has 2 fully saturated rings. The van der Waals surface area contributed by atoms with E-state index in [0.29, 0.717) is 66.5 Å². The van der Waals surface area contributed by atoms with E-state index in [0.717, 1.165) is 18.5 Å². The molecule has 1 saturated heterocycles. The fraction of sp³-hybridized carbons (Fsp3) is 0.455. The maximum Gasteiger partial charge on any atom is 0.300 e. The molecule has 5 rings (SSSR count). The van der Waals surface area contributed by atoms with Crippen LogP contribution in [0.5, 0.6) is 5.88 Å². The molecule has 0 radical (unpaired) electrons. The highest BCUT2D eigenvalue weighted by molar-refractivity contribution is 6.32. The molecule has 3 aromatic heterocycles. The first-order chi connectivity index (χ1) is 14.9. The number of oxazole rings is 1. The van der Waals surface area contributed by atoms with Gasteiger partial charge in [0.25, 0.3) is 11.9 Å². The van der Waals surface area contributed by atoms with Crippen LogP contribution in [-0.4, -0.2) is 58.5 Å². The molecule has 8 nitrogen and oxygen atoms in total. The first-order valence-electron chi connectivity index (χ1n) is 10.5. The number of fused-ring (bicyclic) bond motifs is 1. The van der Waals surface area contributed by atoms with Crippen LogP contribution in [0, 0.1) is 12.3 Å². The number of piperazine rings is 1. The van der Waals surface area contributed by atoms with Gasteiger partial charge < -0.3 is 19.0 Å². The molecule has 2 aliphatic rings. The highest BCUT2D eigenvalue weighted by Crippen LogP contribution is 2.45. The number of aromatic nitrogens is 3. The molecule has 1 aliphatic heterocycles. The maximum atomic E-state index is 12.9. The van der Waals surface area contributed by atoms with Gasteiger partial charge in [0.1, 0.15) is 5.02 Å². The lowest BCUT2D eigenvalue weighted by atomic mass is 10.2. The Labute approximate surface area is 185 Å². The summed E-state index contributed by atoms with van der Waals surface area (Å²) in [5.41, 5.74) is 2.87. The topological polar surface area (TPSA) is 84.6 Å². The minimum Gasteiger partial charge on any atom is -0.476 e. The molecule has 1 saturated carbocycles. The van der Waals surface area contributed by atoms with Crippen LogP contribution in [0.2, 0.25) is 5.02 Å². The van der Waals surface area contributed by atoms with Crippen molar-refractivity contribution in [1.82, 2.24) is 19.9 Å². The predicted molar refractivity (Wildman–Crippen MR) is 117 cm³/mol. The van der Waals surface area contributed by atoms with Gasteiger partial charge in [0.15, 0.2) is 5.58 Å². The summed E-state index contributed by atoms with van der Waals surface area (Å²) in [6, 6.07) is 5.96. The van der Waals surface area contributed by atoms with Gasteiger partial charge in [-0.1, -0.05) is 18.5 Å². The first-order valence-corrected chi connectivity index (χ1v) is 10.8. The second-order valence-corrected chi connectivity index (χ2v) is 9.07. The van der Waals surface area contributed by atoms with Crippen LogP contribution in [0.4, 0.5) is 6.01 Å². The van der Waals surface area contributed by atoms with Crippen molar-refractivity contribution in [2.45, 2.75) is 26.7 Å². The number of hydrogen-bond acceptors (Lipinski definition) is 7. The number of pyridine rings is 2. The van der Waals surface area contributed by atoms with Crippen molar-refractivity contribution >= 4 is 34.8 Å². The van der Waals surface area contributed by atoms with Crippen LogP contribution in [0.15, 0.2) is 28.8 Å². The van der Waals surface area contributed by atoms with Crippen molar-refractivity contribution in [3.8, 4) is 5.88 Å². The fourth-order valence-electron chi connectivity index (χ4n) is 3.57. The molecule has 9 heteroatoms. The van der Waals surface area contributed by atoms with Crippen LogP contribution in [0.3, 0.4) is 0 Å². The Morgan fingerprint density at radius 1 is 1.23 bits per heavy atom. The van der Waals surface area contributed by atoms with Gasteiger partial charge in [-0.05, 0) is 38.0 Å². The normalized spacial score (nSPS) is 17.8. The summed E-state index contributed by atoms with van der Waals surface area (Å²) in [6.07, 6.45) is 3.86. The van der Waals surface area contributed by atoms with E-state index in [2.05, 4.69) is 21.9 Å². The summed E-state index contributed by atoms with van der Waals surface area (Å²) < 4.78 is 11.6. The third kappa shape index (κ3) is 4.17. The second-order valence-electron chi connectivity index (χ2n) is 8.66. The molecule has 1 amide bonds. The maximum absolute atomic E-state index is 12.9. The number of rotatable bonds is 5. The van der Waals surface area contributed by atoms with Crippen molar-refractivity contribution in [2.75, 3.05) is 37.7 Å². The minimum absolute atomic E-state index is 0.0930. The van der Waals surface area contributed by atoms with Gasteiger partial charge in [-0.3, -0.25) is 4.79 Å². The lowest BCUT2D eigenvalue weighted by molar-refractivity contribution is 0.0744. The molecule has 1 aliphatic carbocycles. The number of anilines is 1. The van der Waals surface area contributed by atoms with E-state index in [-0.39, 0.29) is 11.3 Å².